The Morgan fingerprint density at radius 1 is 1.00 bits per heavy atom. The van der Waals surface area contributed by atoms with Gasteiger partial charge in [0.15, 0.2) is 6.61 Å². The number of ether oxygens (including phenoxy) is 2. The number of aromatic nitrogens is 3. The minimum absolute atomic E-state index is 0.144. The second-order valence-electron chi connectivity index (χ2n) is 7.36. The Morgan fingerprint density at radius 3 is 2.36 bits per heavy atom. The van der Waals surface area contributed by atoms with Gasteiger partial charge in [-0.25, -0.2) is 9.59 Å². The van der Waals surface area contributed by atoms with Crippen molar-refractivity contribution in [1.29, 1.82) is 0 Å². The first-order chi connectivity index (χ1) is 15.7. The number of nitrogens with zero attached hydrogens (tertiary/aromatic N) is 2. The zero-order valence-electron chi connectivity index (χ0n) is 18.9. The summed E-state index contributed by atoms with van der Waals surface area (Å²) in [5, 5.41) is 0.299. The molecule has 2 aromatic heterocycles. The number of Topliss-reactive ketones (excluding diaryl/α,β-unsaturated/α-hetero) is 1. The number of aryl methyl sites for hydroxylation is 1. The molecule has 0 saturated carbocycles. The van der Waals surface area contributed by atoms with E-state index in [4.69, 9.17) is 9.47 Å². The molecular formula is C23H25N3O7. The number of nitrogens with one attached hydrogen (secondary N) is 1. The van der Waals surface area contributed by atoms with Crippen LogP contribution in [0.5, 0.6) is 0 Å². The molecular weight excluding hydrogens is 430 g/mol. The van der Waals surface area contributed by atoms with E-state index >= 15 is 0 Å². The number of carbonyl (C=O) groups is 3. The zero-order valence-corrected chi connectivity index (χ0v) is 18.9. The third kappa shape index (κ3) is 4.50. The standard InChI is InChI=1S/C23H25N3O7/c1-5-25-21(29)15-9-7-8-10-16(15)26(23(25)31)11-18(28)33-12-17(27)19-13(3)20(24-14(19)4)22(30)32-6-2/h7-10,24H,5-6,11-12H2,1-4H3. The quantitative estimate of drug-likeness (QED) is 0.404. The van der Waals surface area contributed by atoms with E-state index < -0.39 is 42.1 Å². The normalized spacial score (nSPS) is 10.9. The van der Waals surface area contributed by atoms with Crippen molar-refractivity contribution in [2.75, 3.05) is 13.2 Å². The van der Waals surface area contributed by atoms with E-state index in [2.05, 4.69) is 4.98 Å². The van der Waals surface area contributed by atoms with Gasteiger partial charge in [0, 0.05) is 17.8 Å². The van der Waals surface area contributed by atoms with Gasteiger partial charge >= 0.3 is 17.6 Å². The fourth-order valence-electron chi connectivity index (χ4n) is 3.77. The highest BCUT2D eigenvalue weighted by Crippen LogP contribution is 2.19. The summed E-state index contributed by atoms with van der Waals surface area (Å²) in [4.78, 5) is 65.3. The Kier molecular flexibility index (Phi) is 6.95. The number of H-pyrrole nitrogens is 1. The third-order valence-corrected chi connectivity index (χ3v) is 5.30. The molecule has 0 saturated heterocycles. The Labute approximate surface area is 188 Å². The summed E-state index contributed by atoms with van der Waals surface area (Å²) < 4.78 is 12.3. The molecule has 10 nitrogen and oxygen atoms in total. The van der Waals surface area contributed by atoms with Crippen LogP contribution in [0.2, 0.25) is 0 Å². The van der Waals surface area contributed by atoms with Crippen molar-refractivity contribution in [3.63, 3.8) is 0 Å². The van der Waals surface area contributed by atoms with Crippen molar-refractivity contribution in [1.82, 2.24) is 14.1 Å². The lowest BCUT2D eigenvalue weighted by Crippen LogP contribution is -2.41. The highest BCUT2D eigenvalue weighted by Gasteiger charge is 2.24. The molecule has 174 valence electrons. The number of aromatic amines is 1. The minimum atomic E-state index is -0.812. The summed E-state index contributed by atoms with van der Waals surface area (Å²) in [7, 11) is 0. The molecule has 33 heavy (non-hydrogen) atoms. The van der Waals surface area contributed by atoms with Gasteiger partial charge in [0.05, 0.1) is 17.5 Å². The van der Waals surface area contributed by atoms with Crippen molar-refractivity contribution in [2.45, 2.75) is 40.8 Å². The monoisotopic (exact) mass is 455 g/mol. The summed E-state index contributed by atoms with van der Waals surface area (Å²) >= 11 is 0. The Morgan fingerprint density at radius 2 is 1.70 bits per heavy atom. The Hall–Kier alpha value is -3.95. The molecule has 0 aliphatic carbocycles. The van der Waals surface area contributed by atoms with E-state index in [-0.39, 0.29) is 24.4 Å². The van der Waals surface area contributed by atoms with E-state index in [0.29, 0.717) is 22.2 Å². The fourth-order valence-corrected chi connectivity index (χ4v) is 3.77. The first kappa shape index (κ1) is 23.7. The maximum absolute atomic E-state index is 12.7. The van der Waals surface area contributed by atoms with Gasteiger partial charge in [-0.15, -0.1) is 0 Å². The van der Waals surface area contributed by atoms with Crippen LogP contribution in [0.4, 0.5) is 0 Å². The summed E-state index contributed by atoms with van der Waals surface area (Å²) in [6.07, 6.45) is 0. The van der Waals surface area contributed by atoms with Crippen molar-refractivity contribution in [3.05, 3.63) is 67.6 Å². The Bertz CT molecular complexity index is 1360. The molecule has 2 heterocycles. The second kappa shape index (κ2) is 9.68. The van der Waals surface area contributed by atoms with Gasteiger partial charge in [0.1, 0.15) is 12.2 Å². The molecule has 0 amide bonds. The zero-order chi connectivity index (χ0) is 24.3. The minimum Gasteiger partial charge on any atom is -0.461 e. The van der Waals surface area contributed by atoms with Gasteiger partial charge in [0.2, 0.25) is 5.78 Å². The van der Waals surface area contributed by atoms with E-state index in [0.717, 1.165) is 9.13 Å². The van der Waals surface area contributed by atoms with Crippen LogP contribution in [0.3, 0.4) is 0 Å². The average molecular weight is 455 g/mol. The van der Waals surface area contributed by atoms with E-state index in [1.54, 1.807) is 52.0 Å². The fraction of sp³-hybridized carbons (Fsp3) is 0.348. The van der Waals surface area contributed by atoms with Gasteiger partial charge < -0.3 is 14.5 Å². The van der Waals surface area contributed by atoms with Crippen LogP contribution >= 0.6 is 0 Å². The number of ketones is 1. The lowest BCUT2D eigenvalue weighted by Gasteiger charge is -2.12. The smallest absolute Gasteiger partial charge is 0.355 e. The largest absolute Gasteiger partial charge is 0.461 e. The van der Waals surface area contributed by atoms with Crippen LogP contribution in [0.25, 0.3) is 10.9 Å². The Balaban J connectivity index is 1.81. The van der Waals surface area contributed by atoms with Crippen LogP contribution in [-0.4, -0.2) is 45.1 Å². The van der Waals surface area contributed by atoms with Gasteiger partial charge in [-0.1, -0.05) is 12.1 Å². The van der Waals surface area contributed by atoms with Crippen molar-refractivity contribution in [3.8, 4) is 0 Å². The van der Waals surface area contributed by atoms with E-state index in [1.165, 1.54) is 0 Å². The number of hydrogen-bond donors (Lipinski definition) is 1. The number of esters is 2. The van der Waals surface area contributed by atoms with Crippen LogP contribution in [0.1, 0.15) is 46.0 Å². The summed E-state index contributed by atoms with van der Waals surface area (Å²) in [5.41, 5.74) is 0.501. The molecule has 3 aromatic rings. The molecule has 10 heteroatoms. The predicted molar refractivity (Wildman–Crippen MR) is 120 cm³/mol. The summed E-state index contributed by atoms with van der Waals surface area (Å²) in [5.74, 6) is -1.89. The molecule has 1 N–H and O–H groups in total. The molecule has 0 aliphatic heterocycles. The predicted octanol–water partition coefficient (Wildman–Crippen LogP) is 1.73. The first-order valence-corrected chi connectivity index (χ1v) is 10.5. The van der Waals surface area contributed by atoms with Crippen molar-refractivity contribution in [2.24, 2.45) is 0 Å². The van der Waals surface area contributed by atoms with Crippen molar-refractivity contribution >= 4 is 28.6 Å². The first-order valence-electron chi connectivity index (χ1n) is 10.5. The topological polar surface area (TPSA) is 129 Å². The maximum atomic E-state index is 12.7. The maximum Gasteiger partial charge on any atom is 0.355 e. The van der Waals surface area contributed by atoms with Gasteiger partial charge in [-0.05, 0) is 45.4 Å². The van der Waals surface area contributed by atoms with Crippen molar-refractivity contribution < 1.29 is 23.9 Å². The lowest BCUT2D eigenvalue weighted by atomic mass is 10.1. The lowest BCUT2D eigenvalue weighted by molar-refractivity contribution is -0.143. The molecule has 0 bridgehead atoms. The molecule has 0 aliphatic rings. The molecule has 0 unspecified atom stereocenters. The summed E-state index contributed by atoms with van der Waals surface area (Å²) in [6, 6.07) is 6.47. The number of fused-ring (bicyclic) bond motifs is 1. The number of rotatable bonds is 8. The SMILES string of the molecule is CCOC(=O)c1[nH]c(C)c(C(=O)COC(=O)Cn2c(=O)n(CC)c(=O)c3ccccc32)c1C. The van der Waals surface area contributed by atoms with Gasteiger partial charge in [-0.3, -0.25) is 23.5 Å². The molecule has 0 atom stereocenters. The molecule has 0 spiro atoms. The molecule has 0 fully saturated rings. The highest BCUT2D eigenvalue weighted by atomic mass is 16.5. The van der Waals surface area contributed by atoms with E-state index in [1.807, 2.05) is 0 Å². The van der Waals surface area contributed by atoms with Crippen LogP contribution in [-0.2, 0) is 27.4 Å². The molecule has 1 aromatic carbocycles. The van der Waals surface area contributed by atoms with Crippen LogP contribution in [0, 0.1) is 13.8 Å². The molecule has 0 radical (unpaired) electrons. The van der Waals surface area contributed by atoms with E-state index in [9.17, 15) is 24.0 Å². The average Bonchev–Trinajstić information content (AvgIpc) is 3.09. The highest BCUT2D eigenvalue weighted by molar-refractivity contribution is 6.03. The third-order valence-electron chi connectivity index (χ3n) is 5.30. The number of carbonyl (C=O) groups excluding carboxylic acids is 3. The number of para-hydroxylation sites is 1. The molecule has 3 rings (SSSR count). The van der Waals surface area contributed by atoms with Crippen LogP contribution < -0.4 is 11.2 Å². The van der Waals surface area contributed by atoms with Gasteiger partial charge in [0.25, 0.3) is 5.56 Å². The number of hydrogen-bond acceptors (Lipinski definition) is 7. The second-order valence-corrected chi connectivity index (χ2v) is 7.36. The number of benzene rings is 1. The summed E-state index contributed by atoms with van der Waals surface area (Å²) in [6.45, 7) is 5.87. The van der Waals surface area contributed by atoms with Gasteiger partial charge in [-0.2, -0.15) is 0 Å². The van der Waals surface area contributed by atoms with Crippen LogP contribution in [0.15, 0.2) is 33.9 Å².